The molecule has 2 heterocycles. The van der Waals surface area contributed by atoms with Gasteiger partial charge in [-0.05, 0) is 51.0 Å². The smallest absolute Gasteiger partial charge is 0.261 e. The van der Waals surface area contributed by atoms with Crippen LogP contribution in [0.1, 0.15) is 55.5 Å². The Kier molecular flexibility index (Phi) is 7.33. The standard InChI is InChI=1S/C22H26BrN3O3S3/c1-14-15(2)30-21(31-17-8-6-4-3-5-7-9-17)19-20(24-22(27)26(14)19)25-32(28,29)18-12-10-16(23)11-13-18/h10-13,17H,3-9H2,1-2H3,(H,24,25,27). The predicted molar refractivity (Wildman–Crippen MR) is 135 cm³/mol. The lowest BCUT2D eigenvalue weighted by atomic mass is 10.0. The molecule has 32 heavy (non-hydrogen) atoms. The number of hydrogen-bond acceptors (Lipinski definition) is 6. The van der Waals surface area contributed by atoms with E-state index in [0.717, 1.165) is 32.1 Å². The molecule has 0 spiro atoms. The van der Waals surface area contributed by atoms with Crippen molar-refractivity contribution in [2.75, 3.05) is 4.72 Å². The molecule has 0 bridgehead atoms. The van der Waals surface area contributed by atoms with E-state index >= 15 is 0 Å². The predicted octanol–water partition coefficient (Wildman–Crippen LogP) is 6.12. The summed E-state index contributed by atoms with van der Waals surface area (Å²) < 4.78 is 31.9. The van der Waals surface area contributed by atoms with Crippen LogP contribution in [0.4, 0.5) is 5.82 Å². The molecule has 1 aromatic carbocycles. The van der Waals surface area contributed by atoms with E-state index in [9.17, 15) is 13.2 Å². The summed E-state index contributed by atoms with van der Waals surface area (Å²) in [7, 11) is -3.88. The van der Waals surface area contributed by atoms with Crippen LogP contribution in [0, 0.1) is 13.8 Å². The van der Waals surface area contributed by atoms with E-state index < -0.39 is 15.7 Å². The number of aryl methyl sites for hydroxylation is 1. The molecule has 1 aromatic rings. The number of fused-ring (bicyclic) bond motifs is 1. The lowest BCUT2D eigenvalue weighted by Gasteiger charge is -2.22. The maximum absolute atomic E-state index is 13.0. The molecule has 172 valence electrons. The number of anilines is 1. The average Bonchev–Trinajstić information content (AvgIpc) is 3.03. The summed E-state index contributed by atoms with van der Waals surface area (Å²) in [4.78, 5) is 18.1. The number of aromatic nitrogens is 2. The zero-order valence-corrected chi connectivity index (χ0v) is 22.1. The van der Waals surface area contributed by atoms with E-state index in [-0.39, 0.29) is 10.7 Å². The van der Waals surface area contributed by atoms with Gasteiger partial charge in [0.1, 0.15) is 5.69 Å². The van der Waals surface area contributed by atoms with Crippen LogP contribution in [0.3, 0.4) is 0 Å². The van der Waals surface area contributed by atoms with E-state index in [1.54, 1.807) is 39.8 Å². The maximum atomic E-state index is 13.0. The van der Waals surface area contributed by atoms with E-state index in [1.165, 1.54) is 44.2 Å². The fourth-order valence-electron chi connectivity index (χ4n) is 3.96. The van der Waals surface area contributed by atoms with Crippen LogP contribution < -0.4 is 10.4 Å². The largest absolute Gasteiger partial charge is 0.354 e. The molecular formula is C22H26BrN3O3S3. The SMILES string of the molecule is Cc1sc(SC2CCCCCCC2)c2c(NS(=O)(=O)c3ccc(Br)cc3)nc(=O)n-2c1C. The third-order valence-corrected chi connectivity index (χ3v) is 10.4. The van der Waals surface area contributed by atoms with Gasteiger partial charge in [0.05, 0.1) is 9.10 Å². The molecule has 1 N–H and O–H groups in total. The Bertz CT molecular complexity index is 1230. The number of nitrogens with one attached hydrogen (secondary N) is 1. The zero-order chi connectivity index (χ0) is 22.9. The zero-order valence-electron chi connectivity index (χ0n) is 18.1. The van der Waals surface area contributed by atoms with Crippen molar-refractivity contribution in [3.05, 3.63) is 49.8 Å². The highest BCUT2D eigenvalue weighted by Crippen LogP contribution is 2.42. The molecule has 6 nitrogen and oxygen atoms in total. The van der Waals surface area contributed by atoms with Crippen molar-refractivity contribution >= 4 is 54.9 Å². The molecule has 1 aliphatic carbocycles. The Labute approximate surface area is 205 Å². The summed E-state index contributed by atoms with van der Waals surface area (Å²) in [6.07, 6.45) is 8.51. The Morgan fingerprint density at radius 2 is 1.72 bits per heavy atom. The Morgan fingerprint density at radius 1 is 1.09 bits per heavy atom. The van der Waals surface area contributed by atoms with E-state index in [4.69, 9.17) is 0 Å². The molecule has 2 aliphatic heterocycles. The number of imidazole rings is 1. The van der Waals surface area contributed by atoms with Gasteiger partial charge in [-0.25, -0.2) is 13.2 Å². The minimum absolute atomic E-state index is 0.102. The summed E-state index contributed by atoms with van der Waals surface area (Å²) in [5.74, 6) is 0.102. The van der Waals surface area contributed by atoms with Gasteiger partial charge in [-0.1, -0.05) is 48.0 Å². The van der Waals surface area contributed by atoms with Crippen LogP contribution in [0.25, 0.3) is 5.69 Å². The van der Waals surface area contributed by atoms with E-state index in [2.05, 4.69) is 25.6 Å². The molecule has 10 heteroatoms. The number of benzene rings is 1. The van der Waals surface area contributed by atoms with Gasteiger partial charge in [-0.15, -0.1) is 23.1 Å². The third kappa shape index (κ3) is 5.08. The normalized spacial score (nSPS) is 16.1. The Morgan fingerprint density at radius 3 is 2.38 bits per heavy atom. The number of nitrogens with zero attached hydrogens (tertiary/aromatic N) is 2. The van der Waals surface area contributed by atoms with Crippen LogP contribution in [0.2, 0.25) is 0 Å². The van der Waals surface area contributed by atoms with Crippen molar-refractivity contribution in [1.29, 1.82) is 0 Å². The molecule has 0 radical (unpaired) electrons. The lowest BCUT2D eigenvalue weighted by Crippen LogP contribution is -2.18. The molecular weight excluding hydrogens is 530 g/mol. The van der Waals surface area contributed by atoms with Crippen LogP contribution in [0.15, 0.2) is 42.6 Å². The van der Waals surface area contributed by atoms with E-state index in [0.29, 0.717) is 10.9 Å². The summed E-state index contributed by atoms with van der Waals surface area (Å²) in [5, 5.41) is 0.457. The topological polar surface area (TPSA) is 81.1 Å². The maximum Gasteiger partial charge on any atom is 0.354 e. The van der Waals surface area contributed by atoms with Gasteiger partial charge in [0.2, 0.25) is 0 Å². The highest BCUT2D eigenvalue weighted by molar-refractivity contribution is 9.10. The molecule has 0 aromatic heterocycles. The van der Waals surface area contributed by atoms with Gasteiger partial charge in [0.25, 0.3) is 10.0 Å². The van der Waals surface area contributed by atoms with Crippen LogP contribution in [-0.4, -0.2) is 23.2 Å². The molecule has 0 amide bonds. The fourth-order valence-corrected chi connectivity index (χ4v) is 8.18. The van der Waals surface area contributed by atoms with Crippen molar-refractivity contribution in [3.63, 3.8) is 0 Å². The van der Waals surface area contributed by atoms with E-state index in [1.807, 2.05) is 13.8 Å². The Hall–Kier alpha value is -1.36. The first-order valence-corrected chi connectivity index (χ1v) is 14.7. The van der Waals surface area contributed by atoms with Crippen LogP contribution in [0.5, 0.6) is 0 Å². The van der Waals surface area contributed by atoms with Crippen molar-refractivity contribution < 1.29 is 8.42 Å². The monoisotopic (exact) mass is 555 g/mol. The summed E-state index contributed by atoms with van der Waals surface area (Å²) >= 11 is 6.70. The van der Waals surface area contributed by atoms with Crippen molar-refractivity contribution in [1.82, 2.24) is 9.55 Å². The third-order valence-electron chi connectivity index (χ3n) is 5.81. The number of thioether (sulfide) groups is 1. The number of halogens is 1. The molecule has 1 fully saturated rings. The average molecular weight is 557 g/mol. The summed E-state index contributed by atoms with van der Waals surface area (Å²) in [6, 6.07) is 6.38. The Balaban J connectivity index is 1.75. The molecule has 3 aliphatic rings. The van der Waals surface area contributed by atoms with Crippen LogP contribution in [-0.2, 0) is 10.0 Å². The van der Waals surface area contributed by atoms with Gasteiger partial charge in [0, 0.05) is 20.3 Å². The van der Waals surface area contributed by atoms with Gasteiger partial charge < -0.3 is 0 Å². The van der Waals surface area contributed by atoms with Gasteiger partial charge in [0.15, 0.2) is 5.82 Å². The van der Waals surface area contributed by atoms with Gasteiger partial charge >= 0.3 is 5.69 Å². The van der Waals surface area contributed by atoms with Crippen molar-refractivity contribution in [2.24, 2.45) is 0 Å². The lowest BCUT2D eigenvalue weighted by molar-refractivity contribution is 0.513. The van der Waals surface area contributed by atoms with Gasteiger partial charge in [-0.2, -0.15) is 4.98 Å². The minimum atomic E-state index is -3.88. The molecule has 0 atom stereocenters. The quantitative estimate of drug-likeness (QED) is 0.410. The molecule has 0 saturated heterocycles. The second kappa shape index (κ2) is 9.87. The number of rotatable bonds is 5. The second-order valence-electron chi connectivity index (χ2n) is 8.10. The summed E-state index contributed by atoms with van der Waals surface area (Å²) in [6.45, 7) is 3.87. The minimum Gasteiger partial charge on any atom is -0.261 e. The first-order chi connectivity index (χ1) is 15.3. The fraction of sp³-hybridized carbons (Fsp3) is 0.455. The summed E-state index contributed by atoms with van der Waals surface area (Å²) in [5.41, 5.74) is 0.899. The van der Waals surface area contributed by atoms with Crippen molar-refractivity contribution in [2.45, 2.75) is 73.1 Å². The van der Waals surface area contributed by atoms with Crippen LogP contribution >= 0.6 is 39.0 Å². The molecule has 0 unspecified atom stereocenters. The van der Waals surface area contributed by atoms with Crippen molar-refractivity contribution in [3.8, 4) is 5.69 Å². The first kappa shape index (κ1) is 23.8. The second-order valence-corrected chi connectivity index (χ2v) is 13.5. The molecule has 1 saturated carbocycles. The number of sulfonamides is 1. The highest BCUT2D eigenvalue weighted by Gasteiger charge is 2.28. The number of hydrogen-bond donors (Lipinski definition) is 1. The van der Waals surface area contributed by atoms with Gasteiger partial charge in [-0.3, -0.25) is 9.29 Å². The molecule has 4 rings (SSSR count). The highest BCUT2D eigenvalue weighted by atomic mass is 79.9. The first-order valence-electron chi connectivity index (χ1n) is 10.7.